The summed E-state index contributed by atoms with van der Waals surface area (Å²) in [6, 6.07) is 13.0. The molecule has 0 saturated carbocycles. The van der Waals surface area contributed by atoms with E-state index in [1.165, 1.54) is 11.8 Å². The third-order valence-corrected chi connectivity index (χ3v) is 8.30. The lowest BCUT2D eigenvalue weighted by Crippen LogP contribution is -2.53. The number of hydrogen-bond donors (Lipinski definition) is 2. The van der Waals surface area contributed by atoms with Crippen LogP contribution in [0.25, 0.3) is 0 Å². The van der Waals surface area contributed by atoms with Gasteiger partial charge in [-0.15, -0.1) is 0 Å². The maximum absolute atomic E-state index is 14.4. The van der Waals surface area contributed by atoms with Gasteiger partial charge in [-0.05, 0) is 48.1 Å². The fourth-order valence-electron chi connectivity index (χ4n) is 6.03. The van der Waals surface area contributed by atoms with Crippen LogP contribution in [0.1, 0.15) is 41.5 Å². The molecule has 1 unspecified atom stereocenters. The number of halogens is 3. The standard InChI is InChI=1S/C34H31F3N2O7/c1-18-12-23(35)31(37)33(30(18)36)46-17-27(41)22(16-29(43)44)15-26(40)25-14-21-9-5-8-20-10-11-24(34(45)39(25)32(20)21)38-28(42)13-19-6-3-2-4-7-19/h2-9,12,22,24-25H,10-11,13-17H2,1H3,(H,38,42)(H,43,44)/t22?,24-,25-/m0/s1. The number of aliphatic carboxylic acids is 1. The van der Waals surface area contributed by atoms with Crippen molar-refractivity contribution >= 4 is 35.0 Å². The minimum Gasteiger partial charge on any atom is -0.481 e. The Morgan fingerprint density at radius 1 is 1.00 bits per heavy atom. The lowest BCUT2D eigenvalue weighted by molar-refractivity contribution is -0.142. The number of para-hydroxylation sites is 1. The zero-order chi connectivity index (χ0) is 33.1. The monoisotopic (exact) mass is 636 g/mol. The zero-order valence-electron chi connectivity index (χ0n) is 24.9. The number of nitrogens with zero attached hydrogens (tertiary/aromatic N) is 1. The van der Waals surface area contributed by atoms with Gasteiger partial charge < -0.3 is 15.2 Å². The number of ether oxygens (including phenoxy) is 1. The van der Waals surface area contributed by atoms with Crippen molar-refractivity contribution in [3.05, 3.63) is 94.3 Å². The topological polar surface area (TPSA) is 130 Å². The molecule has 0 spiro atoms. The summed E-state index contributed by atoms with van der Waals surface area (Å²) in [6.07, 6.45) is -0.496. The first kappa shape index (κ1) is 32.4. The molecule has 0 aromatic heterocycles. The van der Waals surface area contributed by atoms with Crippen LogP contribution in [0.5, 0.6) is 5.75 Å². The highest BCUT2D eigenvalue weighted by atomic mass is 19.2. The number of carboxylic acids is 1. The van der Waals surface area contributed by atoms with E-state index in [0.29, 0.717) is 18.2 Å². The molecule has 0 bridgehead atoms. The van der Waals surface area contributed by atoms with Gasteiger partial charge in [0.1, 0.15) is 12.6 Å². The van der Waals surface area contributed by atoms with Crippen molar-refractivity contribution in [3.8, 4) is 5.75 Å². The number of aryl methyl sites for hydroxylation is 2. The van der Waals surface area contributed by atoms with E-state index in [0.717, 1.165) is 16.7 Å². The molecule has 0 fully saturated rings. The Kier molecular flexibility index (Phi) is 9.54. The molecule has 2 amide bonds. The minimum atomic E-state index is -1.65. The van der Waals surface area contributed by atoms with Gasteiger partial charge in [-0.1, -0.05) is 48.5 Å². The summed E-state index contributed by atoms with van der Waals surface area (Å²) in [6.45, 7) is 0.155. The number of hydrogen-bond acceptors (Lipinski definition) is 6. The van der Waals surface area contributed by atoms with Crippen LogP contribution in [-0.4, -0.2) is 53.1 Å². The molecule has 3 aromatic rings. The van der Waals surface area contributed by atoms with Crippen LogP contribution in [0.2, 0.25) is 0 Å². The zero-order valence-corrected chi connectivity index (χ0v) is 24.9. The number of amides is 2. The van der Waals surface area contributed by atoms with Crippen molar-refractivity contribution in [1.29, 1.82) is 0 Å². The fraction of sp³-hybridized carbons (Fsp3) is 0.324. The van der Waals surface area contributed by atoms with Crippen LogP contribution in [0.3, 0.4) is 0 Å². The molecule has 9 nitrogen and oxygen atoms in total. The number of benzene rings is 3. The highest BCUT2D eigenvalue weighted by molar-refractivity contribution is 6.08. The lowest BCUT2D eigenvalue weighted by atomic mass is 9.90. The summed E-state index contributed by atoms with van der Waals surface area (Å²) in [5, 5.41) is 12.3. The summed E-state index contributed by atoms with van der Waals surface area (Å²) < 4.78 is 47.4. The maximum Gasteiger partial charge on any atom is 0.304 e. The Balaban J connectivity index is 1.34. The van der Waals surface area contributed by atoms with Crippen molar-refractivity contribution in [3.63, 3.8) is 0 Å². The Labute approximate surface area is 262 Å². The highest BCUT2D eigenvalue weighted by Crippen LogP contribution is 2.40. The Morgan fingerprint density at radius 2 is 1.72 bits per heavy atom. The Hall–Kier alpha value is -5.00. The number of Topliss-reactive ketones (excluding diaryl/α,β-unsaturated/α-hetero) is 2. The van der Waals surface area contributed by atoms with Crippen molar-refractivity contribution < 1.29 is 47.0 Å². The second-order valence-electron chi connectivity index (χ2n) is 11.5. The number of rotatable bonds is 12. The van der Waals surface area contributed by atoms with Gasteiger partial charge in [0.2, 0.25) is 17.6 Å². The summed E-state index contributed by atoms with van der Waals surface area (Å²) in [5.74, 6) is -10.7. The smallest absolute Gasteiger partial charge is 0.304 e. The van der Waals surface area contributed by atoms with E-state index in [4.69, 9.17) is 4.74 Å². The summed E-state index contributed by atoms with van der Waals surface area (Å²) >= 11 is 0. The molecule has 240 valence electrons. The van der Waals surface area contributed by atoms with Crippen LogP contribution in [-0.2, 0) is 43.2 Å². The van der Waals surface area contributed by atoms with Gasteiger partial charge in [-0.3, -0.25) is 28.9 Å². The van der Waals surface area contributed by atoms with Gasteiger partial charge in [0.15, 0.2) is 29.0 Å². The van der Waals surface area contributed by atoms with E-state index in [1.807, 2.05) is 12.1 Å². The lowest BCUT2D eigenvalue weighted by Gasteiger charge is -2.28. The molecule has 2 N–H and O–H groups in total. The molecule has 3 atom stereocenters. The minimum absolute atomic E-state index is 0.0508. The van der Waals surface area contributed by atoms with Gasteiger partial charge >= 0.3 is 5.97 Å². The molecule has 2 aliphatic heterocycles. The molecule has 0 aliphatic carbocycles. The van der Waals surface area contributed by atoms with Crippen molar-refractivity contribution in [2.24, 2.45) is 5.92 Å². The van der Waals surface area contributed by atoms with Gasteiger partial charge in [-0.2, -0.15) is 4.39 Å². The number of ketones is 2. The van der Waals surface area contributed by atoms with Crippen LogP contribution < -0.4 is 15.0 Å². The number of anilines is 1. The quantitative estimate of drug-likeness (QED) is 0.287. The fourth-order valence-corrected chi connectivity index (χ4v) is 6.03. The molecule has 0 saturated heterocycles. The van der Waals surface area contributed by atoms with E-state index >= 15 is 0 Å². The second kappa shape index (κ2) is 13.6. The molecule has 2 aliphatic rings. The summed E-state index contributed by atoms with van der Waals surface area (Å²) in [4.78, 5) is 66.6. The molecule has 46 heavy (non-hydrogen) atoms. The average Bonchev–Trinajstić information content (AvgIpc) is 3.36. The normalized spacial score (nSPS) is 17.6. The molecule has 3 aromatic carbocycles. The van der Waals surface area contributed by atoms with Crippen molar-refractivity contribution in [2.45, 2.75) is 57.5 Å². The SMILES string of the molecule is Cc1cc(F)c(F)c(OCC(=O)C(CC(=O)O)CC(=O)[C@@H]2Cc3cccc4c3N2C(=O)[C@@H](NC(=O)Cc2ccccc2)CC4)c1F. The van der Waals surface area contributed by atoms with Crippen molar-refractivity contribution in [2.75, 3.05) is 11.5 Å². The van der Waals surface area contributed by atoms with Crippen LogP contribution in [0.15, 0.2) is 54.6 Å². The average molecular weight is 637 g/mol. The van der Waals surface area contributed by atoms with Gasteiger partial charge in [0.05, 0.1) is 24.6 Å². The van der Waals surface area contributed by atoms with E-state index in [2.05, 4.69) is 5.32 Å². The first-order chi connectivity index (χ1) is 21.9. The number of carboxylic acid groups (broad SMARTS) is 1. The van der Waals surface area contributed by atoms with Crippen LogP contribution in [0, 0.1) is 30.3 Å². The predicted octanol–water partition coefficient (Wildman–Crippen LogP) is 4.04. The maximum atomic E-state index is 14.4. The predicted molar refractivity (Wildman–Crippen MR) is 159 cm³/mol. The first-order valence-electron chi connectivity index (χ1n) is 14.8. The third kappa shape index (κ3) is 6.80. The highest BCUT2D eigenvalue weighted by Gasteiger charge is 2.44. The molecule has 5 rings (SSSR count). The van der Waals surface area contributed by atoms with Gasteiger partial charge in [0, 0.05) is 18.8 Å². The number of carbonyl (C=O) groups excluding carboxylic acids is 4. The molecular formula is C34H31F3N2O7. The molecule has 2 heterocycles. The molecule has 0 radical (unpaired) electrons. The largest absolute Gasteiger partial charge is 0.481 e. The Morgan fingerprint density at radius 3 is 2.43 bits per heavy atom. The third-order valence-electron chi connectivity index (χ3n) is 8.30. The molecular weight excluding hydrogens is 605 g/mol. The van der Waals surface area contributed by atoms with Crippen molar-refractivity contribution in [1.82, 2.24) is 5.32 Å². The number of nitrogens with one attached hydrogen (secondary N) is 1. The van der Waals surface area contributed by atoms with Crippen LogP contribution in [0.4, 0.5) is 18.9 Å². The van der Waals surface area contributed by atoms with E-state index < -0.39 is 84.1 Å². The summed E-state index contributed by atoms with van der Waals surface area (Å²) in [5.41, 5.74) is 2.58. The molecule has 12 heteroatoms. The van der Waals surface area contributed by atoms with E-state index in [-0.39, 0.29) is 30.7 Å². The van der Waals surface area contributed by atoms with E-state index in [1.54, 1.807) is 36.4 Å². The van der Waals surface area contributed by atoms with Crippen LogP contribution >= 0.6 is 0 Å². The van der Waals surface area contributed by atoms with E-state index in [9.17, 15) is 42.3 Å². The van der Waals surface area contributed by atoms with Gasteiger partial charge in [0.25, 0.3) is 0 Å². The Bertz CT molecular complexity index is 1690. The summed E-state index contributed by atoms with van der Waals surface area (Å²) in [7, 11) is 0. The number of carbonyl (C=O) groups is 5. The van der Waals surface area contributed by atoms with Gasteiger partial charge in [-0.25, -0.2) is 8.78 Å². The second-order valence-corrected chi connectivity index (χ2v) is 11.5. The first-order valence-corrected chi connectivity index (χ1v) is 14.8.